The van der Waals surface area contributed by atoms with Gasteiger partial charge in [0, 0.05) is 6.08 Å². The maximum absolute atomic E-state index is 11.9. The second kappa shape index (κ2) is 7.95. The number of fused-ring (bicyclic) bond motifs is 2. The minimum atomic E-state index is -0.347. The normalized spacial score (nSPS) is 16.8. The van der Waals surface area contributed by atoms with Gasteiger partial charge in [-0.1, -0.05) is 64.1 Å². The van der Waals surface area contributed by atoms with Crippen LogP contribution in [-0.4, -0.2) is 13.1 Å². The molecule has 3 heteroatoms. The van der Waals surface area contributed by atoms with Crippen LogP contribution in [0.1, 0.15) is 73.1 Å². The topological polar surface area (TPSA) is 50.1 Å². The van der Waals surface area contributed by atoms with Crippen molar-refractivity contribution in [3.8, 4) is 6.07 Å². The van der Waals surface area contributed by atoms with Crippen LogP contribution in [0.15, 0.2) is 60.7 Å². The van der Waals surface area contributed by atoms with Crippen LogP contribution in [0.4, 0.5) is 0 Å². The summed E-state index contributed by atoms with van der Waals surface area (Å²) in [5, 5.41) is 11.5. The molecule has 0 saturated heterocycles. The van der Waals surface area contributed by atoms with Gasteiger partial charge in [0.25, 0.3) is 0 Å². The first-order valence-electron chi connectivity index (χ1n) is 11.0. The Hall–Kier alpha value is -3.38. The lowest BCUT2D eigenvalue weighted by Gasteiger charge is -2.42. The number of carbonyl (C=O) groups is 1. The zero-order chi connectivity index (χ0) is 23.1. The fraction of sp³-hybridized carbons (Fsp3) is 0.310. The first-order chi connectivity index (χ1) is 15.2. The van der Waals surface area contributed by atoms with E-state index in [4.69, 9.17) is 4.74 Å². The molecule has 1 aliphatic rings. The highest BCUT2D eigenvalue weighted by Gasteiger charge is 2.37. The zero-order valence-electron chi connectivity index (χ0n) is 19.5. The summed E-state index contributed by atoms with van der Waals surface area (Å²) in [5.74, 6) is -0.347. The summed E-state index contributed by atoms with van der Waals surface area (Å²) in [5.41, 5.74) is 6.52. The number of methoxy groups -OCH3 is 1. The number of esters is 1. The molecule has 3 nitrogen and oxygen atoms in total. The predicted molar refractivity (Wildman–Crippen MR) is 130 cm³/mol. The van der Waals surface area contributed by atoms with Gasteiger partial charge in [0.1, 0.15) is 0 Å². The number of ether oxygens (including phenoxy) is 1. The van der Waals surface area contributed by atoms with Gasteiger partial charge in [-0.25, -0.2) is 4.79 Å². The number of carbonyl (C=O) groups excluding carboxylic acids is 1. The van der Waals surface area contributed by atoms with Crippen LogP contribution in [0, 0.1) is 11.3 Å². The molecule has 0 spiro atoms. The molecule has 4 rings (SSSR count). The molecule has 3 aromatic carbocycles. The number of allylic oxidation sites excluding steroid dienone is 1. The van der Waals surface area contributed by atoms with Gasteiger partial charge in [0.05, 0.1) is 18.7 Å². The Morgan fingerprint density at radius 2 is 1.38 bits per heavy atom. The zero-order valence-corrected chi connectivity index (χ0v) is 19.5. The fourth-order valence-corrected chi connectivity index (χ4v) is 4.81. The molecule has 0 atom stereocenters. The van der Waals surface area contributed by atoms with Crippen molar-refractivity contribution in [3.63, 3.8) is 0 Å². The van der Waals surface area contributed by atoms with Crippen LogP contribution in [0.2, 0.25) is 0 Å². The van der Waals surface area contributed by atoms with Gasteiger partial charge in [0.2, 0.25) is 0 Å². The molecule has 0 amide bonds. The lowest BCUT2D eigenvalue weighted by molar-refractivity contribution is 0.0601. The largest absolute Gasteiger partial charge is 0.465 e. The molecule has 0 unspecified atom stereocenters. The summed E-state index contributed by atoms with van der Waals surface area (Å²) in [6.45, 7) is 9.26. The summed E-state index contributed by atoms with van der Waals surface area (Å²) in [7, 11) is 1.38. The van der Waals surface area contributed by atoms with Crippen LogP contribution < -0.4 is 0 Å². The molecule has 0 saturated carbocycles. The van der Waals surface area contributed by atoms with E-state index in [1.807, 2.05) is 24.3 Å². The van der Waals surface area contributed by atoms with Gasteiger partial charge in [-0.05, 0) is 80.5 Å². The number of nitrogens with zero attached hydrogens (tertiary/aromatic N) is 1. The maximum atomic E-state index is 11.9. The van der Waals surface area contributed by atoms with Crippen LogP contribution in [0.5, 0.6) is 0 Å². The van der Waals surface area contributed by atoms with E-state index in [-0.39, 0.29) is 16.8 Å². The first-order valence-corrected chi connectivity index (χ1v) is 11.0. The predicted octanol–water partition coefficient (Wildman–Crippen LogP) is 6.93. The van der Waals surface area contributed by atoms with Crippen molar-refractivity contribution >= 4 is 22.3 Å². The van der Waals surface area contributed by atoms with E-state index in [0.29, 0.717) is 5.56 Å². The van der Waals surface area contributed by atoms with Gasteiger partial charge < -0.3 is 4.74 Å². The summed E-state index contributed by atoms with van der Waals surface area (Å²) in [4.78, 5) is 11.9. The van der Waals surface area contributed by atoms with Crippen LogP contribution in [-0.2, 0) is 15.6 Å². The third-order valence-electron chi connectivity index (χ3n) is 6.95. The quantitative estimate of drug-likeness (QED) is 0.339. The van der Waals surface area contributed by atoms with Crippen LogP contribution >= 0.6 is 0 Å². The highest BCUT2D eigenvalue weighted by molar-refractivity contribution is 5.97. The van der Waals surface area contributed by atoms with Crippen molar-refractivity contribution < 1.29 is 9.53 Å². The highest BCUT2D eigenvalue weighted by Crippen LogP contribution is 2.46. The van der Waals surface area contributed by atoms with E-state index in [1.165, 1.54) is 24.7 Å². The van der Waals surface area contributed by atoms with Gasteiger partial charge in [-0.3, -0.25) is 0 Å². The average Bonchev–Trinajstić information content (AvgIpc) is 2.79. The van der Waals surface area contributed by atoms with Gasteiger partial charge in [-0.2, -0.15) is 5.26 Å². The average molecular weight is 424 g/mol. The third kappa shape index (κ3) is 3.82. The van der Waals surface area contributed by atoms with Crippen molar-refractivity contribution in [2.24, 2.45) is 0 Å². The molecule has 0 radical (unpaired) electrons. The van der Waals surface area contributed by atoms with E-state index in [1.54, 1.807) is 12.1 Å². The van der Waals surface area contributed by atoms with E-state index in [2.05, 4.69) is 58.0 Å². The Balaban J connectivity index is 1.82. The molecule has 1 aliphatic carbocycles. The molecule has 162 valence electrons. The maximum Gasteiger partial charge on any atom is 0.337 e. The van der Waals surface area contributed by atoms with E-state index in [9.17, 15) is 10.1 Å². The number of hydrogen-bond acceptors (Lipinski definition) is 3. The number of rotatable bonds is 3. The van der Waals surface area contributed by atoms with Crippen molar-refractivity contribution in [2.75, 3.05) is 7.11 Å². The molecule has 32 heavy (non-hydrogen) atoms. The SMILES string of the molecule is COC(=O)c1ccc2cc(/C(=C\C#N)c3ccc4c(c3)C(C)(C)CCC4(C)C)ccc2c1. The standard InChI is InChI=1S/C29H29NO2/c1-28(2)13-14-29(3,4)26-18-22(10-11-25(26)28)24(12-15-30)21-8-6-20-17-23(27(31)32-5)9-7-19(20)16-21/h6-12,16-18H,13-14H2,1-5H3/b24-12+. The van der Waals surface area contributed by atoms with Crippen LogP contribution in [0.25, 0.3) is 16.3 Å². The number of nitriles is 1. The van der Waals surface area contributed by atoms with Crippen molar-refractivity contribution in [3.05, 3.63) is 88.5 Å². The third-order valence-corrected chi connectivity index (χ3v) is 6.95. The first kappa shape index (κ1) is 21.8. The molecule has 0 fully saturated rings. The van der Waals surface area contributed by atoms with E-state index in [0.717, 1.165) is 33.9 Å². The molecule has 3 aromatic rings. The molecular formula is C29H29NO2. The molecule has 0 N–H and O–H groups in total. The highest BCUT2D eigenvalue weighted by atomic mass is 16.5. The minimum Gasteiger partial charge on any atom is -0.465 e. The minimum absolute atomic E-state index is 0.103. The van der Waals surface area contributed by atoms with Crippen molar-refractivity contribution in [1.82, 2.24) is 0 Å². The summed E-state index contributed by atoms with van der Waals surface area (Å²) >= 11 is 0. The Morgan fingerprint density at radius 3 is 2.00 bits per heavy atom. The second-order valence-electron chi connectivity index (χ2n) is 9.98. The molecule has 0 heterocycles. The Morgan fingerprint density at radius 1 is 0.844 bits per heavy atom. The summed E-state index contributed by atoms with van der Waals surface area (Å²) in [6.07, 6.45) is 3.95. The van der Waals surface area contributed by atoms with Gasteiger partial charge >= 0.3 is 5.97 Å². The lowest BCUT2D eigenvalue weighted by Crippen LogP contribution is -2.33. The molecule has 0 aromatic heterocycles. The summed E-state index contributed by atoms with van der Waals surface area (Å²) in [6, 6.07) is 20.5. The molecular weight excluding hydrogens is 394 g/mol. The smallest absolute Gasteiger partial charge is 0.337 e. The molecule has 0 bridgehead atoms. The van der Waals surface area contributed by atoms with E-state index >= 15 is 0 Å². The lowest BCUT2D eigenvalue weighted by atomic mass is 9.63. The van der Waals surface area contributed by atoms with E-state index < -0.39 is 0 Å². The number of benzene rings is 3. The Kier molecular flexibility index (Phi) is 5.42. The Labute approximate surface area is 190 Å². The second-order valence-corrected chi connectivity index (χ2v) is 9.98. The van der Waals surface area contributed by atoms with Gasteiger partial charge in [0.15, 0.2) is 0 Å². The van der Waals surface area contributed by atoms with Gasteiger partial charge in [-0.15, -0.1) is 0 Å². The molecule has 0 aliphatic heterocycles. The van der Waals surface area contributed by atoms with Crippen LogP contribution in [0.3, 0.4) is 0 Å². The fourth-order valence-electron chi connectivity index (χ4n) is 4.81. The Bertz CT molecular complexity index is 1290. The van der Waals surface area contributed by atoms with Crippen molar-refractivity contribution in [2.45, 2.75) is 51.4 Å². The summed E-state index contributed by atoms with van der Waals surface area (Å²) < 4.78 is 4.83. The number of hydrogen-bond donors (Lipinski definition) is 0. The van der Waals surface area contributed by atoms with Crippen molar-refractivity contribution in [1.29, 1.82) is 5.26 Å². The monoisotopic (exact) mass is 423 g/mol.